The summed E-state index contributed by atoms with van der Waals surface area (Å²) in [4.78, 5) is 20.4. The molecule has 3 heterocycles. The predicted octanol–water partition coefficient (Wildman–Crippen LogP) is 2.12. The molecule has 0 aliphatic carbocycles. The van der Waals surface area contributed by atoms with E-state index in [-0.39, 0.29) is 11.4 Å². The number of hydrogen-bond donors (Lipinski definition) is 3. The van der Waals surface area contributed by atoms with E-state index in [2.05, 4.69) is 32.2 Å². The summed E-state index contributed by atoms with van der Waals surface area (Å²) in [6.07, 6.45) is 1.94. The van der Waals surface area contributed by atoms with Crippen molar-refractivity contribution in [2.24, 2.45) is 0 Å². The number of amides is 1. The largest absolute Gasteiger partial charge is 0.497 e. The number of likely N-dealkylation sites (tertiary alicyclic amines) is 1. The van der Waals surface area contributed by atoms with E-state index in [9.17, 15) is 4.79 Å². The summed E-state index contributed by atoms with van der Waals surface area (Å²) >= 11 is 0. The number of methoxy groups -OCH3 is 1. The van der Waals surface area contributed by atoms with E-state index in [1.807, 2.05) is 36.4 Å². The summed E-state index contributed by atoms with van der Waals surface area (Å²) in [6.45, 7) is 5.07. The van der Waals surface area contributed by atoms with Gasteiger partial charge in [0.15, 0.2) is 0 Å². The number of aliphatic hydroxyl groups is 1. The maximum absolute atomic E-state index is 11.6. The summed E-state index contributed by atoms with van der Waals surface area (Å²) in [5.41, 5.74) is 3.64. The zero-order chi connectivity index (χ0) is 24.3. The Kier molecular flexibility index (Phi) is 6.95. The third-order valence-corrected chi connectivity index (χ3v) is 7.41. The Morgan fingerprint density at radius 1 is 1.14 bits per heavy atom. The molecule has 3 aromatic rings. The minimum absolute atomic E-state index is 0.156. The van der Waals surface area contributed by atoms with Gasteiger partial charge in [-0.2, -0.15) is 0 Å². The topological polar surface area (TPSA) is 90.1 Å². The molecular weight excluding hydrogens is 444 g/mol. The summed E-state index contributed by atoms with van der Waals surface area (Å²) in [6, 6.07) is 16.2. The van der Waals surface area contributed by atoms with Gasteiger partial charge in [0.2, 0.25) is 5.91 Å². The number of nitrogens with zero attached hydrogens (tertiary/aromatic N) is 2. The number of H-pyrrole nitrogens is 1. The third-order valence-electron chi connectivity index (χ3n) is 7.41. The van der Waals surface area contributed by atoms with Gasteiger partial charge in [0, 0.05) is 55.9 Å². The van der Waals surface area contributed by atoms with Gasteiger partial charge in [0.1, 0.15) is 24.7 Å². The van der Waals surface area contributed by atoms with Crippen LogP contribution in [0, 0.1) is 0 Å². The fraction of sp³-hybridized carbons (Fsp3) is 0.444. The number of carbonyl (C=O) groups is 1. The Balaban J connectivity index is 1.38. The summed E-state index contributed by atoms with van der Waals surface area (Å²) in [5, 5.41) is 13.1. The van der Waals surface area contributed by atoms with Gasteiger partial charge in [-0.05, 0) is 48.7 Å². The van der Waals surface area contributed by atoms with Crippen molar-refractivity contribution in [3.8, 4) is 11.5 Å². The molecule has 8 nitrogen and oxygen atoms in total. The molecule has 0 bridgehead atoms. The lowest BCUT2D eigenvalue weighted by Gasteiger charge is -2.45. The summed E-state index contributed by atoms with van der Waals surface area (Å²) in [5.74, 6) is 1.43. The molecule has 0 radical (unpaired) electrons. The monoisotopic (exact) mass is 478 g/mol. The first-order valence-corrected chi connectivity index (χ1v) is 12.3. The highest BCUT2D eigenvalue weighted by Crippen LogP contribution is 2.44. The minimum atomic E-state index is -0.478. The molecule has 1 fully saturated rings. The molecule has 35 heavy (non-hydrogen) atoms. The minimum Gasteiger partial charge on any atom is -0.497 e. The maximum atomic E-state index is 11.6. The van der Waals surface area contributed by atoms with E-state index in [1.54, 1.807) is 7.11 Å². The van der Waals surface area contributed by atoms with E-state index in [4.69, 9.17) is 14.6 Å². The van der Waals surface area contributed by atoms with Crippen LogP contribution < -0.4 is 14.8 Å². The van der Waals surface area contributed by atoms with Gasteiger partial charge >= 0.3 is 0 Å². The number of benzene rings is 2. The summed E-state index contributed by atoms with van der Waals surface area (Å²) in [7, 11) is 1.70. The maximum Gasteiger partial charge on any atom is 0.245 e. The lowest BCUT2D eigenvalue weighted by Crippen LogP contribution is -2.54. The number of hydrogen-bond acceptors (Lipinski definition) is 6. The molecule has 5 rings (SSSR count). The lowest BCUT2D eigenvalue weighted by molar-refractivity contribution is -0.123. The first-order valence-electron chi connectivity index (χ1n) is 12.3. The fourth-order valence-electron chi connectivity index (χ4n) is 5.68. The highest BCUT2D eigenvalue weighted by Gasteiger charge is 2.48. The Morgan fingerprint density at radius 2 is 2.00 bits per heavy atom. The van der Waals surface area contributed by atoms with Gasteiger partial charge in [0.05, 0.1) is 12.6 Å². The number of aromatic amines is 1. The number of carbonyl (C=O) groups excluding carboxylic acids is 1. The van der Waals surface area contributed by atoms with Crippen molar-refractivity contribution in [1.29, 1.82) is 0 Å². The molecule has 1 spiro atoms. The van der Waals surface area contributed by atoms with Gasteiger partial charge in [0.25, 0.3) is 0 Å². The zero-order valence-corrected chi connectivity index (χ0v) is 20.3. The Morgan fingerprint density at radius 3 is 2.80 bits per heavy atom. The van der Waals surface area contributed by atoms with Gasteiger partial charge < -0.3 is 24.9 Å². The van der Waals surface area contributed by atoms with Gasteiger partial charge in [-0.25, -0.2) is 0 Å². The molecule has 1 atom stereocenters. The highest BCUT2D eigenvalue weighted by molar-refractivity contribution is 5.87. The van der Waals surface area contributed by atoms with Crippen LogP contribution in [-0.4, -0.2) is 85.4 Å². The van der Waals surface area contributed by atoms with Crippen molar-refractivity contribution in [3.05, 3.63) is 59.8 Å². The van der Waals surface area contributed by atoms with E-state index in [0.717, 1.165) is 62.6 Å². The Hall–Kier alpha value is -3.07. The van der Waals surface area contributed by atoms with Crippen LogP contribution in [-0.2, 0) is 16.8 Å². The first-order chi connectivity index (χ1) is 17.1. The molecule has 8 heteroatoms. The van der Waals surface area contributed by atoms with Crippen molar-refractivity contribution in [3.63, 3.8) is 0 Å². The molecule has 0 saturated carbocycles. The van der Waals surface area contributed by atoms with Crippen LogP contribution in [0.25, 0.3) is 10.9 Å². The number of rotatable bonds is 9. The molecule has 2 aliphatic heterocycles. The molecule has 1 amide bonds. The van der Waals surface area contributed by atoms with Crippen molar-refractivity contribution in [2.75, 3.05) is 59.6 Å². The van der Waals surface area contributed by atoms with E-state index in [1.165, 1.54) is 16.6 Å². The molecule has 1 unspecified atom stereocenters. The van der Waals surface area contributed by atoms with Crippen molar-refractivity contribution in [1.82, 2.24) is 20.1 Å². The molecule has 3 N–H and O–H groups in total. The second-order valence-electron chi connectivity index (χ2n) is 9.35. The highest BCUT2D eigenvalue weighted by atomic mass is 16.5. The molecule has 1 aromatic heterocycles. The van der Waals surface area contributed by atoms with Crippen molar-refractivity contribution < 1.29 is 19.4 Å². The number of ether oxygens (including phenoxy) is 2. The molecule has 2 aromatic carbocycles. The lowest BCUT2D eigenvalue weighted by atomic mass is 9.84. The van der Waals surface area contributed by atoms with Crippen LogP contribution in [0.2, 0.25) is 0 Å². The smallest absolute Gasteiger partial charge is 0.245 e. The molecule has 2 aliphatic rings. The fourth-order valence-corrected chi connectivity index (χ4v) is 5.68. The summed E-state index contributed by atoms with van der Waals surface area (Å²) < 4.78 is 11.5. The third kappa shape index (κ3) is 4.74. The number of nitrogens with one attached hydrogen (secondary N) is 2. The van der Waals surface area contributed by atoms with Crippen LogP contribution in [0.5, 0.6) is 11.5 Å². The molecular formula is C27H34N4O4. The Labute approximate surface area is 205 Å². The first kappa shape index (κ1) is 23.7. The molecule has 1 saturated heterocycles. The standard InChI is InChI=1S/C27H34N4O4/c1-34-21-7-8-24-23(17-21)22-9-12-31(14-11-28-25(33)18-32)27(26(22)29-24)10-13-30(19-27)15-16-35-20-5-3-2-4-6-20/h2-8,17,29,32H,9-16,18-19H2,1H3,(H,28,33). The quantitative estimate of drug-likeness (QED) is 0.437. The second-order valence-corrected chi connectivity index (χ2v) is 9.35. The van der Waals surface area contributed by atoms with Gasteiger partial charge in [-0.3, -0.25) is 14.6 Å². The van der Waals surface area contributed by atoms with Crippen molar-refractivity contribution >= 4 is 16.8 Å². The number of aromatic nitrogens is 1. The van der Waals surface area contributed by atoms with Crippen LogP contribution >= 0.6 is 0 Å². The van der Waals surface area contributed by atoms with E-state index >= 15 is 0 Å². The van der Waals surface area contributed by atoms with Crippen LogP contribution in [0.4, 0.5) is 0 Å². The second kappa shape index (κ2) is 10.3. The molecule has 186 valence electrons. The Bertz CT molecular complexity index is 1160. The average Bonchev–Trinajstić information content (AvgIpc) is 3.48. The van der Waals surface area contributed by atoms with E-state index < -0.39 is 6.61 Å². The van der Waals surface area contributed by atoms with Gasteiger partial charge in [-0.15, -0.1) is 0 Å². The van der Waals surface area contributed by atoms with Crippen LogP contribution in [0.15, 0.2) is 48.5 Å². The van der Waals surface area contributed by atoms with Crippen LogP contribution in [0.1, 0.15) is 17.7 Å². The van der Waals surface area contributed by atoms with Crippen LogP contribution in [0.3, 0.4) is 0 Å². The SMILES string of the molecule is COc1ccc2[nH]c3c(c2c1)CCN(CCNC(=O)CO)C31CCN(CCOc2ccccc2)C1. The van der Waals surface area contributed by atoms with Gasteiger partial charge in [-0.1, -0.05) is 18.2 Å². The average molecular weight is 479 g/mol. The number of aliphatic hydroxyl groups excluding tert-OH is 1. The van der Waals surface area contributed by atoms with Crippen molar-refractivity contribution in [2.45, 2.75) is 18.4 Å². The predicted molar refractivity (Wildman–Crippen MR) is 135 cm³/mol. The van der Waals surface area contributed by atoms with E-state index in [0.29, 0.717) is 13.2 Å². The zero-order valence-electron chi connectivity index (χ0n) is 20.3. The number of fused-ring (bicyclic) bond motifs is 4. The number of para-hydroxylation sites is 1. The normalized spacial score (nSPS) is 20.3.